The number of nitrogens with zero attached hydrogens (tertiary/aromatic N) is 2. The fourth-order valence-electron chi connectivity index (χ4n) is 4.92. The maximum atomic E-state index is 12.9. The first-order valence-corrected chi connectivity index (χ1v) is 11.6. The minimum atomic E-state index is -0.413. The van der Waals surface area contributed by atoms with E-state index in [-0.39, 0.29) is 23.7 Å². The number of urea groups is 1. The second kappa shape index (κ2) is 8.62. The van der Waals surface area contributed by atoms with Crippen LogP contribution in [0.2, 0.25) is 5.02 Å². The molecule has 2 aromatic rings. The van der Waals surface area contributed by atoms with Gasteiger partial charge in [-0.05, 0) is 67.5 Å². The SMILES string of the molecule is CCCN1c2cc(Cl)c(/C=C3/NC(=O)N(Cc4ccccc4)C3=O)cc2C(C)CC1(C)C. The molecule has 1 fully saturated rings. The van der Waals surface area contributed by atoms with Crippen molar-refractivity contribution in [1.82, 2.24) is 10.2 Å². The van der Waals surface area contributed by atoms with E-state index in [0.717, 1.165) is 36.2 Å². The first-order valence-electron chi connectivity index (χ1n) is 11.2. The highest BCUT2D eigenvalue weighted by Crippen LogP contribution is 2.45. The quantitative estimate of drug-likeness (QED) is 0.452. The summed E-state index contributed by atoms with van der Waals surface area (Å²) in [4.78, 5) is 29.1. The van der Waals surface area contributed by atoms with Crippen LogP contribution < -0.4 is 10.2 Å². The lowest BCUT2D eigenvalue weighted by molar-refractivity contribution is -0.123. The summed E-state index contributed by atoms with van der Waals surface area (Å²) in [6.07, 6.45) is 3.79. The number of carbonyl (C=O) groups excluding carboxylic acids is 2. The average molecular weight is 452 g/mol. The smallest absolute Gasteiger partial charge is 0.329 e. The van der Waals surface area contributed by atoms with Gasteiger partial charge in [0.1, 0.15) is 5.70 Å². The highest BCUT2D eigenvalue weighted by Gasteiger charge is 2.37. The van der Waals surface area contributed by atoms with E-state index in [1.54, 1.807) is 6.08 Å². The number of anilines is 1. The van der Waals surface area contributed by atoms with E-state index in [1.165, 1.54) is 10.5 Å². The van der Waals surface area contributed by atoms with Gasteiger partial charge in [0.2, 0.25) is 0 Å². The molecule has 3 amide bonds. The maximum Gasteiger partial charge on any atom is 0.329 e. The monoisotopic (exact) mass is 451 g/mol. The molecule has 1 saturated heterocycles. The summed E-state index contributed by atoms with van der Waals surface area (Å²) < 4.78 is 0. The Bertz CT molecular complexity index is 1080. The molecule has 0 radical (unpaired) electrons. The standard InChI is InChI=1S/C26H30ClN3O2/c1-5-11-30-23-14-21(27)19(12-20(23)17(2)15-26(30,3)4)13-22-24(31)29(25(32)28-22)16-18-9-7-6-8-10-18/h6-10,12-14,17H,5,11,15-16H2,1-4H3,(H,28,32)/b22-13+. The van der Waals surface area contributed by atoms with Gasteiger partial charge in [-0.25, -0.2) is 4.79 Å². The summed E-state index contributed by atoms with van der Waals surface area (Å²) in [5.41, 5.74) is 4.35. The number of amides is 3. The van der Waals surface area contributed by atoms with Crippen LogP contribution in [0.15, 0.2) is 48.2 Å². The van der Waals surface area contributed by atoms with Crippen LogP contribution in [0.1, 0.15) is 63.1 Å². The number of hydrogen-bond donors (Lipinski definition) is 1. The molecule has 0 spiro atoms. The van der Waals surface area contributed by atoms with Crippen molar-refractivity contribution in [2.45, 2.75) is 58.5 Å². The summed E-state index contributed by atoms with van der Waals surface area (Å²) in [6.45, 7) is 10.2. The highest BCUT2D eigenvalue weighted by molar-refractivity contribution is 6.32. The average Bonchev–Trinajstić information content (AvgIpc) is 3.00. The predicted octanol–water partition coefficient (Wildman–Crippen LogP) is 5.94. The van der Waals surface area contributed by atoms with Crippen molar-refractivity contribution in [2.24, 2.45) is 0 Å². The number of halogens is 1. The molecule has 4 rings (SSSR count). The zero-order valence-corrected chi connectivity index (χ0v) is 19.9. The van der Waals surface area contributed by atoms with Crippen molar-refractivity contribution in [3.8, 4) is 0 Å². The number of benzene rings is 2. The van der Waals surface area contributed by atoms with Gasteiger partial charge in [-0.15, -0.1) is 0 Å². The Hall–Kier alpha value is -2.79. The van der Waals surface area contributed by atoms with Gasteiger partial charge in [0.15, 0.2) is 0 Å². The molecule has 2 heterocycles. The minimum absolute atomic E-state index is 0.0546. The zero-order valence-electron chi connectivity index (χ0n) is 19.1. The summed E-state index contributed by atoms with van der Waals surface area (Å²) in [5.74, 6) is 0.0282. The van der Waals surface area contributed by atoms with E-state index in [9.17, 15) is 9.59 Å². The molecule has 32 heavy (non-hydrogen) atoms. The number of rotatable bonds is 5. The lowest BCUT2D eigenvalue weighted by Gasteiger charge is -2.47. The summed E-state index contributed by atoms with van der Waals surface area (Å²) in [5, 5.41) is 3.29. The van der Waals surface area contributed by atoms with Gasteiger partial charge in [-0.3, -0.25) is 9.69 Å². The van der Waals surface area contributed by atoms with Crippen molar-refractivity contribution < 1.29 is 9.59 Å². The molecule has 6 heteroatoms. The molecule has 168 valence electrons. The Kier molecular flexibility index (Phi) is 6.04. The van der Waals surface area contributed by atoms with Crippen LogP contribution in [-0.2, 0) is 11.3 Å². The van der Waals surface area contributed by atoms with Crippen molar-refractivity contribution in [3.05, 3.63) is 69.9 Å². The molecular formula is C26H30ClN3O2. The fourth-order valence-corrected chi connectivity index (χ4v) is 5.13. The number of imide groups is 1. The molecule has 1 atom stereocenters. The molecule has 5 nitrogen and oxygen atoms in total. The van der Waals surface area contributed by atoms with E-state index in [1.807, 2.05) is 36.4 Å². The second-order valence-corrected chi connectivity index (χ2v) is 9.77. The Morgan fingerprint density at radius 1 is 1.19 bits per heavy atom. The number of fused-ring (bicyclic) bond motifs is 1. The Morgan fingerprint density at radius 2 is 1.91 bits per heavy atom. The predicted molar refractivity (Wildman–Crippen MR) is 130 cm³/mol. The van der Waals surface area contributed by atoms with Gasteiger partial charge in [0, 0.05) is 22.8 Å². The van der Waals surface area contributed by atoms with Gasteiger partial charge in [0.25, 0.3) is 5.91 Å². The third kappa shape index (κ3) is 4.14. The van der Waals surface area contributed by atoms with Crippen LogP contribution in [0.5, 0.6) is 0 Å². The first kappa shape index (κ1) is 22.4. The first-order chi connectivity index (χ1) is 15.2. The van der Waals surface area contributed by atoms with Crippen LogP contribution >= 0.6 is 11.6 Å². The maximum absolute atomic E-state index is 12.9. The van der Waals surface area contributed by atoms with Crippen LogP contribution in [0.3, 0.4) is 0 Å². The molecular weight excluding hydrogens is 422 g/mol. The van der Waals surface area contributed by atoms with Crippen molar-refractivity contribution in [1.29, 1.82) is 0 Å². The normalized spacial score (nSPS) is 21.2. The number of nitrogens with one attached hydrogen (secondary N) is 1. The lowest BCUT2D eigenvalue weighted by atomic mass is 9.79. The number of carbonyl (C=O) groups is 2. The topological polar surface area (TPSA) is 52.7 Å². The van der Waals surface area contributed by atoms with E-state index in [2.05, 4.69) is 44.0 Å². The van der Waals surface area contributed by atoms with Crippen molar-refractivity contribution in [2.75, 3.05) is 11.4 Å². The van der Waals surface area contributed by atoms with Crippen molar-refractivity contribution >= 4 is 35.3 Å². The van der Waals surface area contributed by atoms with E-state index in [4.69, 9.17) is 11.6 Å². The number of hydrogen-bond acceptors (Lipinski definition) is 3. The Balaban J connectivity index is 1.66. The van der Waals surface area contributed by atoms with Crippen LogP contribution in [0, 0.1) is 0 Å². The molecule has 0 bridgehead atoms. The summed E-state index contributed by atoms with van der Waals surface area (Å²) in [6, 6.07) is 13.2. The molecule has 2 aromatic carbocycles. The van der Waals surface area contributed by atoms with E-state index < -0.39 is 6.03 Å². The zero-order chi connectivity index (χ0) is 23.0. The third-order valence-corrected chi connectivity index (χ3v) is 6.72. The van der Waals surface area contributed by atoms with Gasteiger partial charge >= 0.3 is 6.03 Å². The van der Waals surface area contributed by atoms with E-state index in [0.29, 0.717) is 10.9 Å². The highest BCUT2D eigenvalue weighted by atomic mass is 35.5. The largest absolute Gasteiger partial charge is 0.366 e. The molecule has 1 unspecified atom stereocenters. The molecule has 0 aliphatic carbocycles. The lowest BCUT2D eigenvalue weighted by Crippen LogP contribution is -2.48. The minimum Gasteiger partial charge on any atom is -0.366 e. The summed E-state index contributed by atoms with van der Waals surface area (Å²) >= 11 is 6.69. The Labute approximate surface area is 195 Å². The fraction of sp³-hybridized carbons (Fsp3) is 0.385. The van der Waals surface area contributed by atoms with Gasteiger partial charge in [-0.2, -0.15) is 0 Å². The molecule has 0 saturated carbocycles. The van der Waals surface area contributed by atoms with Gasteiger partial charge in [-0.1, -0.05) is 55.8 Å². The second-order valence-electron chi connectivity index (χ2n) is 9.37. The molecule has 2 aliphatic heterocycles. The van der Waals surface area contributed by atoms with Crippen molar-refractivity contribution in [3.63, 3.8) is 0 Å². The molecule has 1 N–H and O–H groups in total. The Morgan fingerprint density at radius 3 is 2.59 bits per heavy atom. The van der Waals surface area contributed by atoms with Crippen LogP contribution in [0.4, 0.5) is 10.5 Å². The molecule has 0 aromatic heterocycles. The van der Waals surface area contributed by atoms with Gasteiger partial charge in [0.05, 0.1) is 6.54 Å². The van der Waals surface area contributed by atoms with Crippen LogP contribution in [0.25, 0.3) is 6.08 Å². The van der Waals surface area contributed by atoms with Gasteiger partial charge < -0.3 is 10.2 Å². The van der Waals surface area contributed by atoms with Crippen LogP contribution in [-0.4, -0.2) is 28.9 Å². The van der Waals surface area contributed by atoms with E-state index >= 15 is 0 Å². The molecule has 2 aliphatic rings. The third-order valence-electron chi connectivity index (χ3n) is 6.40. The summed E-state index contributed by atoms with van der Waals surface area (Å²) in [7, 11) is 0.